The van der Waals surface area contributed by atoms with Crippen LogP contribution in [-0.2, 0) is 60.6 Å². The van der Waals surface area contributed by atoms with Crippen LogP contribution < -0.4 is 30.4 Å². The fourth-order valence-corrected chi connectivity index (χ4v) is 21.2. The second-order valence-corrected chi connectivity index (χ2v) is 39.4. The zero-order valence-corrected chi connectivity index (χ0v) is 62.6. The van der Waals surface area contributed by atoms with Gasteiger partial charge in [-0.05, 0) is 268 Å². The lowest BCUT2D eigenvalue weighted by molar-refractivity contribution is 0.188. The fraction of sp³-hybridized carbons (Fsp3) is 0.451. The predicted molar refractivity (Wildman–Crippen MR) is 415 cm³/mol. The third-order valence-corrected chi connectivity index (χ3v) is 28.1. The van der Waals surface area contributed by atoms with Gasteiger partial charge in [0.15, 0.2) is 0 Å². The first kappa shape index (κ1) is 62.7. The summed E-state index contributed by atoms with van der Waals surface area (Å²) >= 11 is 2.13. The molecule has 2 bridgehead atoms. The van der Waals surface area contributed by atoms with Crippen molar-refractivity contribution in [3.05, 3.63) is 200 Å². The smallest absolute Gasteiger partial charge is 0.264 e. The molecular weight excluding hydrogens is 1180 g/mol. The highest BCUT2D eigenvalue weighted by Crippen LogP contribution is 2.62. The summed E-state index contributed by atoms with van der Waals surface area (Å²) in [4.78, 5) is 8.50. The molecule has 0 N–H and O–H groups in total. The van der Waals surface area contributed by atoms with Crippen LogP contribution in [0.5, 0.6) is 0 Å². The van der Waals surface area contributed by atoms with Crippen molar-refractivity contribution in [3.63, 3.8) is 0 Å². The summed E-state index contributed by atoms with van der Waals surface area (Å²) in [5.41, 5.74) is 34.9. The molecule has 3 nitrogen and oxygen atoms in total. The lowest BCUT2D eigenvalue weighted by Crippen LogP contribution is -2.61. The topological polar surface area (TPSA) is 9.72 Å². The van der Waals surface area contributed by atoms with E-state index in [-0.39, 0.29) is 60.9 Å². The largest absolute Gasteiger partial charge is 0.311 e. The molecule has 5 heteroatoms. The highest BCUT2D eigenvalue weighted by Gasteiger charge is 2.53. The lowest BCUT2D eigenvalue weighted by atomic mass is 9.35. The number of hydrogen-bond acceptors (Lipinski definition) is 4. The molecule has 0 radical (unpaired) electrons. The van der Waals surface area contributed by atoms with E-state index in [0.29, 0.717) is 0 Å². The van der Waals surface area contributed by atoms with E-state index in [0.717, 1.165) is 38.5 Å². The van der Waals surface area contributed by atoms with Crippen LogP contribution in [0, 0.1) is 0 Å². The van der Waals surface area contributed by atoms with Gasteiger partial charge in [-0.2, -0.15) is 0 Å². The highest BCUT2D eigenvalue weighted by molar-refractivity contribution is 7.33. The minimum absolute atomic E-state index is 0.0000858. The molecule has 6 aliphatic carbocycles. The molecule has 18 rings (SSSR count). The van der Waals surface area contributed by atoms with Crippen molar-refractivity contribution in [2.24, 2.45) is 0 Å². The summed E-state index contributed by atoms with van der Waals surface area (Å²) in [5, 5.41) is 1.42. The Balaban J connectivity index is 1.08. The SMILES string of the molecule is CC(C)(C)c1ccc2c(c1)N(c1cc3c4c(c1)N(c1cc5c(cc1-c1ccccc1)C(C)(C)CCC5(C)C)c1c(sc5cc6c(cc15)C1(C)CCC6(C)CC1)B4c1cc4c(cc1N3c1ccc3c(c1)C(C)(C)CCC3(C)C)C(C)(C)CCC4(C)C)c1cc(C(C)(C)C)ccc1C2. The Labute approximate surface area is 580 Å². The van der Waals surface area contributed by atoms with Gasteiger partial charge in [0.25, 0.3) is 6.71 Å². The van der Waals surface area contributed by atoms with E-state index in [2.05, 4.69) is 298 Å². The van der Waals surface area contributed by atoms with Crippen LogP contribution in [0.15, 0.2) is 133 Å². The summed E-state index contributed by atoms with van der Waals surface area (Å²) < 4.78 is 2.91. The molecule has 9 aromatic rings. The van der Waals surface area contributed by atoms with Gasteiger partial charge in [-0.3, -0.25) is 0 Å². The number of benzene rings is 8. The Morgan fingerprint density at radius 1 is 0.365 bits per heavy atom. The van der Waals surface area contributed by atoms with E-state index in [1.165, 1.54) is 176 Å². The van der Waals surface area contributed by atoms with E-state index in [4.69, 9.17) is 0 Å². The molecule has 0 amide bonds. The summed E-state index contributed by atoms with van der Waals surface area (Å²) in [6.45, 7) is 49.9. The standard InChI is InChI=1S/C91H104BN3S/c1-82(2,3)57-28-26-55-42-56-27-29-58(83(4,5)6)44-73(56)94(72(55)43-57)60-46-76-79-77(47-60)95(74-51-67-65(86(11,12)34-36-88(67,15)16)48-61(74)54-24-22-21-23-25-54)80-62-49-69-70(91(20)40-38-90(69,19)39-41-91)53-78(62)96-81(80)92(79)71-50-66-68(89(17,18)37-35-87(66,13)14)52-75(71)93(76)59-30-31-63-64(45-59)85(9,10)33-32-84(63,7)8/h21-31,43-53H,32-42H2,1-20H3. The molecule has 0 unspecified atom stereocenters. The van der Waals surface area contributed by atoms with Gasteiger partial charge in [0.05, 0.1) is 17.1 Å². The predicted octanol–water partition coefficient (Wildman–Crippen LogP) is 23.8. The summed E-state index contributed by atoms with van der Waals surface area (Å²) in [6, 6.07) is 56.2. The molecule has 0 spiro atoms. The molecule has 1 fully saturated rings. The molecule has 3 aliphatic heterocycles. The molecule has 96 heavy (non-hydrogen) atoms. The van der Waals surface area contributed by atoms with Crippen LogP contribution in [0.4, 0.5) is 51.2 Å². The van der Waals surface area contributed by atoms with Crippen molar-refractivity contribution in [3.8, 4) is 11.1 Å². The molecule has 8 aromatic carbocycles. The molecule has 9 aliphatic rings. The van der Waals surface area contributed by atoms with E-state index < -0.39 is 0 Å². The van der Waals surface area contributed by atoms with Crippen LogP contribution in [0.25, 0.3) is 21.2 Å². The Kier molecular flexibility index (Phi) is 13.0. The van der Waals surface area contributed by atoms with E-state index in [1.54, 1.807) is 11.1 Å². The van der Waals surface area contributed by atoms with Crippen molar-refractivity contribution in [2.45, 2.75) is 263 Å². The van der Waals surface area contributed by atoms with Gasteiger partial charge in [-0.15, -0.1) is 11.3 Å². The Morgan fingerprint density at radius 3 is 1.35 bits per heavy atom. The molecule has 1 aromatic heterocycles. The number of fused-ring (bicyclic) bond motifs is 13. The van der Waals surface area contributed by atoms with Crippen molar-refractivity contribution in [1.29, 1.82) is 0 Å². The average Bonchev–Trinajstić information content (AvgIpc) is 1.23. The zero-order valence-electron chi connectivity index (χ0n) is 61.8. The molecule has 4 heterocycles. The number of nitrogens with zero attached hydrogens (tertiary/aromatic N) is 3. The summed E-state index contributed by atoms with van der Waals surface area (Å²) in [7, 11) is 0. The van der Waals surface area contributed by atoms with Gasteiger partial charge >= 0.3 is 0 Å². The summed E-state index contributed by atoms with van der Waals surface area (Å²) in [6.07, 6.45) is 12.8. The number of anilines is 9. The first-order valence-corrected chi connectivity index (χ1v) is 37.8. The van der Waals surface area contributed by atoms with E-state index >= 15 is 0 Å². The van der Waals surface area contributed by atoms with Crippen LogP contribution in [0.3, 0.4) is 0 Å². The van der Waals surface area contributed by atoms with Gasteiger partial charge in [-0.25, -0.2) is 0 Å². The molecule has 0 atom stereocenters. The van der Waals surface area contributed by atoms with E-state index in [1.807, 2.05) is 0 Å². The average molecular weight is 1280 g/mol. The van der Waals surface area contributed by atoms with Crippen LogP contribution in [0.2, 0.25) is 0 Å². The van der Waals surface area contributed by atoms with Crippen molar-refractivity contribution in [2.75, 3.05) is 14.7 Å². The normalized spacial score (nSPS) is 23.0. The van der Waals surface area contributed by atoms with Crippen molar-refractivity contribution in [1.82, 2.24) is 0 Å². The maximum Gasteiger partial charge on any atom is 0.264 e. The van der Waals surface area contributed by atoms with Gasteiger partial charge in [0, 0.05) is 61.0 Å². The lowest BCUT2D eigenvalue weighted by Gasteiger charge is -2.52. The Hall–Kier alpha value is -6.82. The van der Waals surface area contributed by atoms with Gasteiger partial charge in [0.2, 0.25) is 0 Å². The molecule has 1 saturated carbocycles. The van der Waals surface area contributed by atoms with Gasteiger partial charge in [0.1, 0.15) is 0 Å². The molecular formula is C91H104BN3S. The van der Waals surface area contributed by atoms with Gasteiger partial charge in [-0.1, -0.05) is 205 Å². The van der Waals surface area contributed by atoms with Crippen LogP contribution in [-0.4, -0.2) is 6.71 Å². The summed E-state index contributed by atoms with van der Waals surface area (Å²) in [5.74, 6) is 0. The van der Waals surface area contributed by atoms with Crippen molar-refractivity contribution < 1.29 is 0 Å². The minimum atomic E-state index is -0.0664. The second kappa shape index (κ2) is 20.0. The third-order valence-electron chi connectivity index (χ3n) is 26.9. The minimum Gasteiger partial charge on any atom is -0.311 e. The van der Waals surface area contributed by atoms with Gasteiger partial charge < -0.3 is 14.7 Å². The van der Waals surface area contributed by atoms with E-state index in [9.17, 15) is 0 Å². The number of rotatable bonds is 4. The third kappa shape index (κ3) is 9.07. The first-order valence-electron chi connectivity index (χ1n) is 37.0. The Bertz CT molecular complexity index is 4760. The molecule has 0 saturated heterocycles. The van der Waals surface area contributed by atoms with Crippen LogP contribution >= 0.6 is 11.3 Å². The maximum absolute atomic E-state index is 2.92. The zero-order chi connectivity index (χ0) is 67.5. The number of hydrogen-bond donors (Lipinski definition) is 0. The fourth-order valence-electron chi connectivity index (χ4n) is 19.9. The van der Waals surface area contributed by atoms with Crippen molar-refractivity contribution >= 4 is 95.0 Å². The number of thiophene rings is 1. The second-order valence-electron chi connectivity index (χ2n) is 38.3. The molecule has 492 valence electrons. The Morgan fingerprint density at radius 2 is 0.823 bits per heavy atom. The first-order chi connectivity index (χ1) is 45.0. The van der Waals surface area contributed by atoms with Crippen LogP contribution in [0.1, 0.15) is 269 Å². The monoisotopic (exact) mass is 1280 g/mol. The highest BCUT2D eigenvalue weighted by atomic mass is 32.1. The maximum atomic E-state index is 2.92. The quantitative estimate of drug-likeness (QED) is 0.163.